The van der Waals surface area contributed by atoms with Crippen molar-refractivity contribution in [3.63, 3.8) is 0 Å². The molecule has 3 heteroatoms. The smallest absolute Gasteiger partial charge is 0.126 e. The van der Waals surface area contributed by atoms with Crippen LogP contribution in [0.2, 0.25) is 0 Å². The molecular weight excluding hydrogens is 217 g/mol. The van der Waals surface area contributed by atoms with Crippen LogP contribution >= 0.6 is 0 Å². The first-order valence-electron chi connectivity index (χ1n) is 6.09. The van der Waals surface area contributed by atoms with Crippen LogP contribution < -0.4 is 5.32 Å². The zero-order valence-electron chi connectivity index (χ0n) is 11.1. The summed E-state index contributed by atoms with van der Waals surface area (Å²) in [4.78, 5) is 0. The molecule has 0 aromatic heterocycles. The van der Waals surface area contributed by atoms with Gasteiger partial charge in [0.2, 0.25) is 0 Å². The average molecular weight is 239 g/mol. The molecule has 0 heterocycles. The summed E-state index contributed by atoms with van der Waals surface area (Å²) >= 11 is 0. The second-order valence-electron chi connectivity index (χ2n) is 4.56. The monoisotopic (exact) mass is 239 g/mol. The Hall–Kier alpha value is -0.930. The highest BCUT2D eigenvalue weighted by molar-refractivity contribution is 5.25. The Bertz CT molecular complexity index is 352. The number of nitrogens with one attached hydrogen (secondary N) is 1. The Morgan fingerprint density at radius 3 is 2.59 bits per heavy atom. The van der Waals surface area contributed by atoms with Crippen molar-refractivity contribution in [3.8, 4) is 0 Å². The van der Waals surface area contributed by atoms with Gasteiger partial charge in [0.1, 0.15) is 5.82 Å². The zero-order chi connectivity index (χ0) is 12.8. The van der Waals surface area contributed by atoms with E-state index in [1.54, 1.807) is 13.0 Å². The molecule has 1 atom stereocenters. The van der Waals surface area contributed by atoms with Gasteiger partial charge in [-0.2, -0.15) is 0 Å². The number of rotatable bonds is 6. The van der Waals surface area contributed by atoms with Gasteiger partial charge in [-0.3, -0.25) is 0 Å². The minimum absolute atomic E-state index is 0.142. The summed E-state index contributed by atoms with van der Waals surface area (Å²) in [6.07, 6.45) is 1.08. The van der Waals surface area contributed by atoms with Gasteiger partial charge in [0.25, 0.3) is 0 Å². The standard InChI is InChI=1S/C14H22FNO/c1-10(2)17-8-7-14(16-4)12-6-5-11(3)13(15)9-12/h5-6,9-10,14,16H,7-8H2,1-4H3. The first-order valence-corrected chi connectivity index (χ1v) is 6.09. The van der Waals surface area contributed by atoms with Crippen LogP contribution in [0.25, 0.3) is 0 Å². The van der Waals surface area contributed by atoms with Gasteiger partial charge in [-0.05, 0) is 51.4 Å². The molecule has 2 nitrogen and oxygen atoms in total. The number of halogens is 1. The van der Waals surface area contributed by atoms with Crippen LogP contribution in [0.4, 0.5) is 4.39 Å². The molecule has 0 aliphatic rings. The highest BCUT2D eigenvalue weighted by Crippen LogP contribution is 2.19. The van der Waals surface area contributed by atoms with Gasteiger partial charge in [0.05, 0.1) is 6.10 Å². The maximum Gasteiger partial charge on any atom is 0.126 e. The predicted molar refractivity (Wildman–Crippen MR) is 68.6 cm³/mol. The SMILES string of the molecule is CNC(CCOC(C)C)c1ccc(C)c(F)c1. The number of ether oxygens (including phenoxy) is 1. The van der Waals surface area contributed by atoms with E-state index in [-0.39, 0.29) is 18.0 Å². The Morgan fingerprint density at radius 2 is 2.06 bits per heavy atom. The summed E-state index contributed by atoms with van der Waals surface area (Å²) in [5.74, 6) is -0.146. The quantitative estimate of drug-likeness (QED) is 0.823. The van der Waals surface area contributed by atoms with Crippen molar-refractivity contribution < 1.29 is 9.13 Å². The lowest BCUT2D eigenvalue weighted by Crippen LogP contribution is -2.19. The molecule has 0 bridgehead atoms. The van der Waals surface area contributed by atoms with Gasteiger partial charge in [0, 0.05) is 12.6 Å². The number of aryl methyl sites for hydroxylation is 1. The van der Waals surface area contributed by atoms with E-state index in [0.29, 0.717) is 12.2 Å². The maximum absolute atomic E-state index is 13.5. The van der Waals surface area contributed by atoms with Crippen molar-refractivity contribution in [1.29, 1.82) is 0 Å². The lowest BCUT2D eigenvalue weighted by atomic mass is 10.0. The molecule has 17 heavy (non-hydrogen) atoms. The lowest BCUT2D eigenvalue weighted by Gasteiger charge is -2.18. The van der Waals surface area contributed by atoms with Crippen molar-refractivity contribution in [1.82, 2.24) is 5.32 Å². The summed E-state index contributed by atoms with van der Waals surface area (Å²) in [6.45, 7) is 6.48. The van der Waals surface area contributed by atoms with Crippen LogP contribution in [0, 0.1) is 12.7 Å². The molecule has 1 N–H and O–H groups in total. The summed E-state index contributed by atoms with van der Waals surface area (Å²) in [7, 11) is 1.89. The van der Waals surface area contributed by atoms with E-state index in [9.17, 15) is 4.39 Å². The van der Waals surface area contributed by atoms with E-state index in [1.807, 2.05) is 33.0 Å². The molecule has 0 spiro atoms. The minimum atomic E-state index is -0.146. The Kier molecular flexibility index (Phi) is 5.59. The fourth-order valence-corrected chi connectivity index (χ4v) is 1.73. The highest BCUT2D eigenvalue weighted by atomic mass is 19.1. The molecule has 0 saturated carbocycles. The molecule has 0 fully saturated rings. The van der Waals surface area contributed by atoms with E-state index in [0.717, 1.165) is 12.0 Å². The van der Waals surface area contributed by atoms with E-state index >= 15 is 0 Å². The summed E-state index contributed by atoms with van der Waals surface area (Å²) < 4.78 is 19.0. The Labute approximate surface area is 103 Å². The maximum atomic E-state index is 13.5. The third-order valence-electron chi connectivity index (χ3n) is 2.80. The van der Waals surface area contributed by atoms with Gasteiger partial charge in [-0.1, -0.05) is 12.1 Å². The van der Waals surface area contributed by atoms with Gasteiger partial charge in [-0.25, -0.2) is 4.39 Å². The molecule has 0 saturated heterocycles. The average Bonchev–Trinajstić information content (AvgIpc) is 2.28. The number of benzene rings is 1. The second-order valence-corrected chi connectivity index (χ2v) is 4.56. The molecule has 1 rings (SSSR count). The predicted octanol–water partition coefficient (Wildman–Crippen LogP) is 3.21. The Balaban J connectivity index is 2.62. The van der Waals surface area contributed by atoms with Crippen molar-refractivity contribution in [3.05, 3.63) is 35.1 Å². The van der Waals surface area contributed by atoms with Crippen molar-refractivity contribution in [2.24, 2.45) is 0 Å². The van der Waals surface area contributed by atoms with E-state index in [2.05, 4.69) is 5.32 Å². The fraction of sp³-hybridized carbons (Fsp3) is 0.571. The third kappa shape index (κ3) is 4.44. The third-order valence-corrected chi connectivity index (χ3v) is 2.80. The summed E-state index contributed by atoms with van der Waals surface area (Å²) in [5.41, 5.74) is 1.66. The van der Waals surface area contributed by atoms with E-state index < -0.39 is 0 Å². The normalized spacial score (nSPS) is 13.1. The van der Waals surface area contributed by atoms with E-state index in [1.165, 1.54) is 0 Å². The molecule has 1 unspecified atom stereocenters. The summed E-state index contributed by atoms with van der Waals surface area (Å²) in [6, 6.07) is 5.53. The molecular formula is C14H22FNO. The molecule has 96 valence electrons. The summed E-state index contributed by atoms with van der Waals surface area (Å²) in [5, 5.41) is 3.19. The van der Waals surface area contributed by atoms with Crippen molar-refractivity contribution >= 4 is 0 Å². The molecule has 0 radical (unpaired) electrons. The first-order chi connectivity index (χ1) is 8.04. The van der Waals surface area contributed by atoms with Crippen LogP contribution in [0.5, 0.6) is 0 Å². The van der Waals surface area contributed by atoms with Crippen LogP contribution in [0.3, 0.4) is 0 Å². The molecule has 0 aliphatic carbocycles. The van der Waals surface area contributed by atoms with Gasteiger partial charge in [-0.15, -0.1) is 0 Å². The van der Waals surface area contributed by atoms with Crippen LogP contribution in [-0.4, -0.2) is 19.8 Å². The topological polar surface area (TPSA) is 21.3 Å². The van der Waals surface area contributed by atoms with Crippen molar-refractivity contribution in [2.45, 2.75) is 39.3 Å². The van der Waals surface area contributed by atoms with Gasteiger partial charge in [0.15, 0.2) is 0 Å². The fourth-order valence-electron chi connectivity index (χ4n) is 1.73. The van der Waals surface area contributed by atoms with Gasteiger partial charge < -0.3 is 10.1 Å². The molecule has 1 aromatic carbocycles. The van der Waals surface area contributed by atoms with Gasteiger partial charge >= 0.3 is 0 Å². The number of hydrogen-bond acceptors (Lipinski definition) is 2. The van der Waals surface area contributed by atoms with E-state index in [4.69, 9.17) is 4.74 Å². The largest absolute Gasteiger partial charge is 0.379 e. The second kappa shape index (κ2) is 6.72. The highest BCUT2D eigenvalue weighted by Gasteiger charge is 2.11. The molecule has 0 amide bonds. The molecule has 1 aromatic rings. The Morgan fingerprint density at radius 1 is 1.35 bits per heavy atom. The molecule has 0 aliphatic heterocycles. The van der Waals surface area contributed by atoms with Crippen molar-refractivity contribution in [2.75, 3.05) is 13.7 Å². The van der Waals surface area contributed by atoms with Crippen LogP contribution in [0.1, 0.15) is 37.4 Å². The van der Waals surface area contributed by atoms with Crippen LogP contribution in [0.15, 0.2) is 18.2 Å². The minimum Gasteiger partial charge on any atom is -0.379 e. The van der Waals surface area contributed by atoms with Crippen LogP contribution in [-0.2, 0) is 4.74 Å². The lowest BCUT2D eigenvalue weighted by molar-refractivity contribution is 0.0719. The first kappa shape index (κ1) is 14.1. The zero-order valence-corrected chi connectivity index (χ0v) is 11.1. The number of hydrogen-bond donors (Lipinski definition) is 1.